The first-order valence-electron chi connectivity index (χ1n) is 5.70. The summed E-state index contributed by atoms with van der Waals surface area (Å²) in [6, 6.07) is 1.89. The van der Waals surface area contributed by atoms with Gasteiger partial charge in [0.2, 0.25) is 5.95 Å². The molecule has 0 bridgehead atoms. The largest absolute Gasteiger partial charge is 0.376 e. The third-order valence-corrected chi connectivity index (χ3v) is 2.66. The number of ether oxygens (including phenoxy) is 1. The van der Waals surface area contributed by atoms with Gasteiger partial charge in [0.25, 0.3) is 0 Å². The quantitative estimate of drug-likeness (QED) is 0.807. The van der Waals surface area contributed by atoms with Gasteiger partial charge in [0, 0.05) is 24.9 Å². The Labute approximate surface area is 95.4 Å². The van der Waals surface area contributed by atoms with Crippen molar-refractivity contribution in [2.75, 3.05) is 24.2 Å². The topological polar surface area (TPSA) is 73.1 Å². The van der Waals surface area contributed by atoms with Crippen molar-refractivity contribution in [3.05, 3.63) is 11.8 Å². The summed E-state index contributed by atoms with van der Waals surface area (Å²) in [7, 11) is 0. The van der Waals surface area contributed by atoms with Crippen molar-refractivity contribution in [3.8, 4) is 0 Å². The number of nitrogen functional groups attached to an aromatic ring is 1. The summed E-state index contributed by atoms with van der Waals surface area (Å²) in [5, 5.41) is 3.24. The van der Waals surface area contributed by atoms with E-state index in [1.165, 1.54) is 12.8 Å². The number of hydrogen-bond donors (Lipinski definition) is 2. The van der Waals surface area contributed by atoms with Crippen LogP contribution in [0.2, 0.25) is 0 Å². The van der Waals surface area contributed by atoms with Gasteiger partial charge in [-0.15, -0.1) is 0 Å². The minimum Gasteiger partial charge on any atom is -0.376 e. The summed E-state index contributed by atoms with van der Waals surface area (Å²) >= 11 is 0. The van der Waals surface area contributed by atoms with Crippen molar-refractivity contribution in [2.45, 2.75) is 32.3 Å². The Morgan fingerprint density at radius 2 is 2.38 bits per heavy atom. The molecular weight excluding hydrogens is 204 g/mol. The van der Waals surface area contributed by atoms with E-state index in [4.69, 9.17) is 10.5 Å². The van der Waals surface area contributed by atoms with Crippen molar-refractivity contribution in [3.63, 3.8) is 0 Å². The van der Waals surface area contributed by atoms with Crippen LogP contribution < -0.4 is 11.1 Å². The standard InChI is InChI=1S/C11H18N4O/c1-8-6-10(15-11(12)14-8)13-7-9-4-2-3-5-16-9/h6,9H,2-5,7H2,1H3,(H3,12,13,14,15). The van der Waals surface area contributed by atoms with Crippen molar-refractivity contribution in [2.24, 2.45) is 0 Å². The van der Waals surface area contributed by atoms with E-state index in [1.807, 2.05) is 13.0 Å². The normalized spacial score (nSPS) is 20.7. The highest BCUT2D eigenvalue weighted by molar-refractivity contribution is 5.40. The summed E-state index contributed by atoms with van der Waals surface area (Å²) in [6.45, 7) is 3.56. The van der Waals surface area contributed by atoms with Crippen molar-refractivity contribution in [1.82, 2.24) is 9.97 Å². The van der Waals surface area contributed by atoms with Crippen LogP contribution in [0, 0.1) is 6.92 Å². The van der Waals surface area contributed by atoms with Gasteiger partial charge in [-0.05, 0) is 26.2 Å². The molecule has 1 aromatic heterocycles. The van der Waals surface area contributed by atoms with Gasteiger partial charge < -0.3 is 15.8 Å². The molecular formula is C11H18N4O. The van der Waals surface area contributed by atoms with E-state index >= 15 is 0 Å². The first kappa shape index (κ1) is 11.1. The Hall–Kier alpha value is -1.36. The van der Waals surface area contributed by atoms with Gasteiger partial charge in [-0.1, -0.05) is 0 Å². The smallest absolute Gasteiger partial charge is 0.222 e. The highest BCUT2D eigenvalue weighted by Crippen LogP contribution is 2.14. The molecule has 1 atom stereocenters. The summed E-state index contributed by atoms with van der Waals surface area (Å²) < 4.78 is 5.62. The second-order valence-corrected chi connectivity index (χ2v) is 4.12. The molecule has 5 nitrogen and oxygen atoms in total. The fourth-order valence-corrected chi connectivity index (χ4v) is 1.87. The fourth-order valence-electron chi connectivity index (χ4n) is 1.87. The molecule has 2 rings (SSSR count). The van der Waals surface area contributed by atoms with Crippen LogP contribution in [0.25, 0.3) is 0 Å². The zero-order valence-electron chi connectivity index (χ0n) is 9.57. The Kier molecular flexibility index (Phi) is 3.56. The fraction of sp³-hybridized carbons (Fsp3) is 0.636. The summed E-state index contributed by atoms with van der Waals surface area (Å²) in [5.41, 5.74) is 6.45. The molecule has 5 heteroatoms. The monoisotopic (exact) mass is 222 g/mol. The number of nitrogens with two attached hydrogens (primary N) is 1. The second kappa shape index (κ2) is 5.12. The molecule has 3 N–H and O–H groups in total. The van der Waals surface area contributed by atoms with Crippen molar-refractivity contribution in [1.29, 1.82) is 0 Å². The lowest BCUT2D eigenvalue weighted by atomic mass is 10.1. The van der Waals surface area contributed by atoms with Gasteiger partial charge in [-0.25, -0.2) is 4.98 Å². The Morgan fingerprint density at radius 1 is 1.50 bits per heavy atom. The predicted molar refractivity (Wildman–Crippen MR) is 63.3 cm³/mol. The van der Waals surface area contributed by atoms with Gasteiger partial charge in [-0.3, -0.25) is 0 Å². The van der Waals surface area contributed by atoms with Crippen LogP contribution in [0.3, 0.4) is 0 Å². The first-order chi connectivity index (χ1) is 7.74. The van der Waals surface area contributed by atoms with E-state index in [0.29, 0.717) is 12.1 Å². The van der Waals surface area contributed by atoms with Crippen molar-refractivity contribution < 1.29 is 4.74 Å². The van der Waals surface area contributed by atoms with Crippen molar-refractivity contribution >= 4 is 11.8 Å². The van der Waals surface area contributed by atoms with E-state index < -0.39 is 0 Å². The molecule has 0 aromatic carbocycles. The molecule has 1 aliphatic heterocycles. The molecule has 0 aliphatic carbocycles. The lowest BCUT2D eigenvalue weighted by Crippen LogP contribution is -2.27. The molecule has 16 heavy (non-hydrogen) atoms. The number of hydrogen-bond acceptors (Lipinski definition) is 5. The molecule has 88 valence electrons. The number of nitrogens with zero attached hydrogens (tertiary/aromatic N) is 2. The van der Waals surface area contributed by atoms with Crippen LogP contribution >= 0.6 is 0 Å². The summed E-state index contributed by atoms with van der Waals surface area (Å²) in [5.74, 6) is 1.09. The average molecular weight is 222 g/mol. The highest BCUT2D eigenvalue weighted by Gasteiger charge is 2.13. The summed E-state index contributed by atoms with van der Waals surface area (Å²) in [4.78, 5) is 8.14. The SMILES string of the molecule is Cc1cc(NCC2CCCCO2)nc(N)n1. The third-order valence-electron chi connectivity index (χ3n) is 2.66. The predicted octanol–water partition coefficient (Wildman–Crippen LogP) is 1.35. The molecule has 0 spiro atoms. The van der Waals surface area contributed by atoms with Gasteiger partial charge in [0.05, 0.1) is 6.10 Å². The van der Waals surface area contributed by atoms with Gasteiger partial charge in [-0.2, -0.15) is 4.98 Å². The van der Waals surface area contributed by atoms with E-state index in [2.05, 4.69) is 15.3 Å². The number of aryl methyl sites for hydroxylation is 1. The van der Waals surface area contributed by atoms with Gasteiger partial charge in [0.1, 0.15) is 5.82 Å². The van der Waals surface area contributed by atoms with Crippen LogP contribution in [0.15, 0.2) is 6.07 Å². The molecule has 1 saturated heterocycles. The van der Waals surface area contributed by atoms with E-state index in [0.717, 1.165) is 31.1 Å². The minimum atomic E-state index is 0.297. The molecule has 1 fully saturated rings. The van der Waals surface area contributed by atoms with Crippen LogP contribution in [-0.4, -0.2) is 29.2 Å². The molecule has 1 unspecified atom stereocenters. The zero-order chi connectivity index (χ0) is 11.4. The maximum Gasteiger partial charge on any atom is 0.222 e. The zero-order valence-corrected chi connectivity index (χ0v) is 9.57. The molecule has 0 radical (unpaired) electrons. The second-order valence-electron chi connectivity index (χ2n) is 4.12. The Morgan fingerprint density at radius 3 is 3.06 bits per heavy atom. The van der Waals surface area contributed by atoms with E-state index in [-0.39, 0.29) is 0 Å². The van der Waals surface area contributed by atoms with Crippen LogP contribution in [0.4, 0.5) is 11.8 Å². The van der Waals surface area contributed by atoms with Crippen LogP contribution in [0.5, 0.6) is 0 Å². The number of nitrogens with one attached hydrogen (secondary N) is 1. The minimum absolute atomic E-state index is 0.297. The van der Waals surface area contributed by atoms with Crippen LogP contribution in [-0.2, 0) is 4.74 Å². The number of aromatic nitrogens is 2. The molecule has 0 amide bonds. The summed E-state index contributed by atoms with van der Waals surface area (Å²) in [6.07, 6.45) is 3.84. The lowest BCUT2D eigenvalue weighted by molar-refractivity contribution is 0.0247. The highest BCUT2D eigenvalue weighted by atomic mass is 16.5. The number of anilines is 2. The Bertz CT molecular complexity index is 330. The van der Waals surface area contributed by atoms with E-state index in [9.17, 15) is 0 Å². The molecule has 1 aliphatic rings. The lowest BCUT2D eigenvalue weighted by Gasteiger charge is -2.22. The molecule has 1 aromatic rings. The maximum atomic E-state index is 5.62. The van der Waals surface area contributed by atoms with Gasteiger partial charge >= 0.3 is 0 Å². The number of rotatable bonds is 3. The Balaban J connectivity index is 1.88. The molecule has 2 heterocycles. The maximum absolute atomic E-state index is 5.62. The van der Waals surface area contributed by atoms with Gasteiger partial charge in [0.15, 0.2) is 0 Å². The molecule has 0 saturated carbocycles. The average Bonchev–Trinajstić information content (AvgIpc) is 2.27. The van der Waals surface area contributed by atoms with Crippen LogP contribution in [0.1, 0.15) is 25.0 Å². The first-order valence-corrected chi connectivity index (χ1v) is 5.70. The third kappa shape index (κ3) is 3.06. The van der Waals surface area contributed by atoms with E-state index in [1.54, 1.807) is 0 Å².